The Morgan fingerprint density at radius 2 is 1.88 bits per heavy atom. The third-order valence-electron chi connectivity index (χ3n) is 3.67. The van der Waals surface area contributed by atoms with Gasteiger partial charge < -0.3 is 9.84 Å². The molecule has 0 spiro atoms. The number of aliphatic hydroxyl groups is 1. The van der Waals surface area contributed by atoms with Crippen LogP contribution < -0.4 is 10.2 Å². The molecule has 1 aromatic heterocycles. The Bertz CT molecular complexity index is 866. The summed E-state index contributed by atoms with van der Waals surface area (Å²) in [6, 6.07) is 16.0. The van der Waals surface area contributed by atoms with Gasteiger partial charge in [0.1, 0.15) is 24.2 Å². The van der Waals surface area contributed by atoms with Crippen molar-refractivity contribution in [2.45, 2.75) is 12.6 Å². The molecule has 1 heterocycles. The van der Waals surface area contributed by atoms with Crippen LogP contribution in [0.15, 0.2) is 60.8 Å². The second kappa shape index (κ2) is 8.24. The van der Waals surface area contributed by atoms with Crippen LogP contribution in [0.3, 0.4) is 0 Å². The van der Waals surface area contributed by atoms with Gasteiger partial charge in [-0.05, 0) is 12.1 Å². The van der Waals surface area contributed by atoms with E-state index < -0.39 is 12.0 Å². The Kier molecular flexibility index (Phi) is 5.57. The summed E-state index contributed by atoms with van der Waals surface area (Å²) >= 11 is 0. The number of ether oxygens (including phenoxy) is 1. The average molecular weight is 354 g/mol. The van der Waals surface area contributed by atoms with E-state index in [2.05, 4.69) is 10.3 Å². The smallest absolute Gasteiger partial charge is 0.278 e. The van der Waals surface area contributed by atoms with E-state index in [9.17, 15) is 9.90 Å². The third-order valence-corrected chi connectivity index (χ3v) is 3.67. The molecular weight excluding hydrogens is 336 g/mol. The lowest BCUT2D eigenvalue weighted by Crippen LogP contribution is -2.25. The summed E-state index contributed by atoms with van der Waals surface area (Å²) < 4.78 is 7.03. The summed E-state index contributed by atoms with van der Waals surface area (Å²) in [4.78, 5) is 11.6. The van der Waals surface area contributed by atoms with Crippen LogP contribution in [0.4, 0.5) is 0 Å². The van der Waals surface area contributed by atoms with Gasteiger partial charge >= 0.3 is 0 Å². The van der Waals surface area contributed by atoms with Crippen LogP contribution >= 0.6 is 0 Å². The van der Waals surface area contributed by atoms with Crippen molar-refractivity contribution in [3.63, 3.8) is 0 Å². The minimum Gasteiger partial charge on any atom is -0.490 e. The number of benzene rings is 2. The van der Waals surface area contributed by atoms with Gasteiger partial charge in [0.05, 0.1) is 18.3 Å². The van der Waals surface area contributed by atoms with E-state index >= 15 is 0 Å². The van der Waals surface area contributed by atoms with Crippen LogP contribution in [-0.2, 0) is 6.54 Å². The fourth-order valence-electron chi connectivity index (χ4n) is 2.42. The number of aromatic nitrogens is 3. The first-order valence-corrected chi connectivity index (χ1v) is 7.97. The maximum atomic E-state index is 11.6. The van der Waals surface area contributed by atoms with Crippen LogP contribution in [0.25, 0.3) is 11.3 Å². The molecule has 1 amide bonds. The molecule has 26 heavy (non-hydrogen) atoms. The molecule has 0 bridgehead atoms. The third kappa shape index (κ3) is 4.24. The second-order valence-electron chi connectivity index (χ2n) is 5.59. The molecule has 0 saturated carbocycles. The Balaban J connectivity index is 1.59. The Hall–Kier alpha value is -3.23. The number of aliphatic hydroxyl groups excluding tert-OH is 1. The molecule has 0 aliphatic carbocycles. The SMILES string of the molecule is O=C(NO)c1ccccc1OCC(O)Cn1cc(-c2ccccc2)nn1. The van der Waals surface area contributed by atoms with E-state index in [0.717, 1.165) is 5.56 Å². The number of para-hydroxylation sites is 1. The van der Waals surface area contributed by atoms with Crippen molar-refractivity contribution in [2.24, 2.45) is 0 Å². The van der Waals surface area contributed by atoms with Crippen molar-refractivity contribution in [3.8, 4) is 17.0 Å². The molecule has 0 fully saturated rings. The lowest BCUT2D eigenvalue weighted by Gasteiger charge is -2.14. The number of nitrogens with zero attached hydrogens (tertiary/aromatic N) is 3. The van der Waals surface area contributed by atoms with Crippen LogP contribution in [0.5, 0.6) is 5.75 Å². The number of hydrogen-bond donors (Lipinski definition) is 3. The molecule has 134 valence electrons. The zero-order valence-electron chi connectivity index (χ0n) is 13.8. The molecule has 1 atom stereocenters. The van der Waals surface area contributed by atoms with Gasteiger partial charge in [-0.1, -0.05) is 47.7 Å². The molecule has 3 N–H and O–H groups in total. The zero-order valence-corrected chi connectivity index (χ0v) is 13.8. The Labute approximate surface area is 149 Å². The molecule has 1 unspecified atom stereocenters. The number of nitrogens with one attached hydrogen (secondary N) is 1. The number of amides is 1. The first-order valence-electron chi connectivity index (χ1n) is 7.97. The van der Waals surface area contributed by atoms with Gasteiger partial charge in [0, 0.05) is 5.56 Å². The predicted molar refractivity (Wildman–Crippen MR) is 92.7 cm³/mol. The molecule has 0 aliphatic heterocycles. The van der Waals surface area contributed by atoms with E-state index in [-0.39, 0.29) is 24.5 Å². The maximum Gasteiger partial charge on any atom is 0.278 e. The number of hydroxylamine groups is 1. The minimum absolute atomic E-state index is 0.0454. The zero-order chi connectivity index (χ0) is 18.4. The van der Waals surface area contributed by atoms with Gasteiger partial charge in [0.25, 0.3) is 5.91 Å². The monoisotopic (exact) mass is 354 g/mol. The standard InChI is InChI=1S/C18H18N4O4/c23-14(12-26-17-9-5-4-8-15(17)18(24)20-25)10-22-11-16(19-21-22)13-6-2-1-3-7-13/h1-9,11,14,23,25H,10,12H2,(H,20,24). The molecule has 2 aromatic carbocycles. The Morgan fingerprint density at radius 3 is 2.65 bits per heavy atom. The summed E-state index contributed by atoms with van der Waals surface area (Å²) in [5, 5.41) is 27.0. The molecular formula is C18H18N4O4. The summed E-state index contributed by atoms with van der Waals surface area (Å²) in [6.07, 6.45) is 0.886. The number of carbonyl (C=O) groups excluding carboxylic acids is 1. The number of rotatable bonds is 7. The lowest BCUT2D eigenvalue weighted by atomic mass is 10.2. The fraction of sp³-hybridized carbons (Fsp3) is 0.167. The van der Waals surface area contributed by atoms with Crippen LogP contribution in [0.1, 0.15) is 10.4 Å². The number of carbonyl (C=O) groups is 1. The van der Waals surface area contributed by atoms with Gasteiger partial charge in [-0.2, -0.15) is 0 Å². The highest BCUT2D eigenvalue weighted by atomic mass is 16.5. The minimum atomic E-state index is -0.856. The first-order chi connectivity index (χ1) is 12.7. The first kappa shape index (κ1) is 17.6. The van der Waals surface area contributed by atoms with Crippen molar-refractivity contribution in [2.75, 3.05) is 6.61 Å². The molecule has 0 saturated heterocycles. The van der Waals surface area contributed by atoms with Gasteiger partial charge in [-0.3, -0.25) is 10.0 Å². The van der Waals surface area contributed by atoms with Crippen molar-refractivity contribution < 1.29 is 19.8 Å². The van der Waals surface area contributed by atoms with Crippen LogP contribution in [-0.4, -0.2) is 43.9 Å². The summed E-state index contributed by atoms with van der Waals surface area (Å²) in [6.45, 7) is 0.143. The van der Waals surface area contributed by atoms with Gasteiger partial charge in [-0.25, -0.2) is 10.2 Å². The molecule has 3 aromatic rings. The quantitative estimate of drug-likeness (QED) is 0.438. The molecule has 8 nitrogen and oxygen atoms in total. The highest BCUT2D eigenvalue weighted by Crippen LogP contribution is 2.18. The average Bonchev–Trinajstić information content (AvgIpc) is 3.15. The molecule has 0 radical (unpaired) electrons. The van der Waals surface area contributed by atoms with Crippen molar-refractivity contribution in [3.05, 3.63) is 66.4 Å². The Morgan fingerprint density at radius 1 is 1.15 bits per heavy atom. The molecule has 8 heteroatoms. The van der Waals surface area contributed by atoms with Crippen LogP contribution in [0.2, 0.25) is 0 Å². The highest BCUT2D eigenvalue weighted by Gasteiger charge is 2.14. The fourth-order valence-corrected chi connectivity index (χ4v) is 2.42. The van der Waals surface area contributed by atoms with Gasteiger partial charge in [0.2, 0.25) is 0 Å². The maximum absolute atomic E-state index is 11.6. The van der Waals surface area contributed by atoms with E-state index in [0.29, 0.717) is 5.69 Å². The largest absolute Gasteiger partial charge is 0.490 e. The normalized spacial score (nSPS) is 11.8. The lowest BCUT2D eigenvalue weighted by molar-refractivity contribution is 0.0686. The van der Waals surface area contributed by atoms with E-state index in [1.54, 1.807) is 29.9 Å². The van der Waals surface area contributed by atoms with Crippen molar-refractivity contribution in [1.82, 2.24) is 20.5 Å². The van der Waals surface area contributed by atoms with Crippen LogP contribution in [0, 0.1) is 0 Å². The second-order valence-corrected chi connectivity index (χ2v) is 5.59. The van der Waals surface area contributed by atoms with Gasteiger partial charge in [-0.15, -0.1) is 5.10 Å². The van der Waals surface area contributed by atoms with Crippen molar-refractivity contribution >= 4 is 5.91 Å². The summed E-state index contributed by atoms with van der Waals surface area (Å²) in [7, 11) is 0. The predicted octanol–water partition coefficient (Wildman–Crippen LogP) is 1.50. The van der Waals surface area contributed by atoms with E-state index in [4.69, 9.17) is 9.94 Å². The summed E-state index contributed by atoms with van der Waals surface area (Å²) in [5.41, 5.74) is 3.39. The van der Waals surface area contributed by atoms with Gasteiger partial charge in [0.15, 0.2) is 0 Å². The van der Waals surface area contributed by atoms with Crippen molar-refractivity contribution in [1.29, 1.82) is 0 Å². The van der Waals surface area contributed by atoms with E-state index in [1.165, 1.54) is 10.7 Å². The highest BCUT2D eigenvalue weighted by molar-refractivity contribution is 5.96. The molecule has 3 rings (SSSR count). The summed E-state index contributed by atoms with van der Waals surface area (Å²) in [5.74, 6) is -0.416. The number of hydrogen-bond acceptors (Lipinski definition) is 6. The van der Waals surface area contributed by atoms with E-state index in [1.807, 2.05) is 30.3 Å². The molecule has 0 aliphatic rings. The topological polar surface area (TPSA) is 110 Å².